The topological polar surface area (TPSA) is 0 Å². The zero-order valence-corrected chi connectivity index (χ0v) is 9.28. The fourth-order valence-electron chi connectivity index (χ4n) is 0.826. The smallest absolute Gasteiger partial charge is 0.206 e. The first kappa shape index (κ1) is 11.5. The number of hydrogen-bond donors (Lipinski definition) is 0. The van der Waals surface area contributed by atoms with Gasteiger partial charge in [-0.05, 0) is 19.4 Å². The van der Waals surface area contributed by atoms with E-state index in [1.165, 1.54) is 13.0 Å². The number of hydrogen-bond acceptors (Lipinski definition) is 0. The molecule has 0 saturated heterocycles. The minimum absolute atomic E-state index is 0.167. The van der Waals surface area contributed by atoms with Gasteiger partial charge in [-0.3, -0.25) is 0 Å². The van der Waals surface area contributed by atoms with Crippen LogP contribution in [0.4, 0.5) is 13.2 Å². The Morgan fingerprint density at radius 2 is 2.17 bits per heavy atom. The van der Waals surface area contributed by atoms with Gasteiger partial charge < -0.3 is 0 Å². The molecule has 0 aliphatic heterocycles. The maximum atomic E-state index is 12.9. The van der Waals surface area contributed by atoms with Crippen LogP contribution in [0.2, 0.25) is 5.54 Å². The Labute approximate surface area is 73.6 Å². The summed E-state index contributed by atoms with van der Waals surface area (Å²) < 4.78 is 38.5. The van der Waals surface area contributed by atoms with Crippen molar-refractivity contribution in [3.8, 4) is 0 Å². The van der Waals surface area contributed by atoms with Crippen molar-refractivity contribution >= 4 is 10.2 Å². The van der Waals surface area contributed by atoms with Crippen LogP contribution < -0.4 is 0 Å². The van der Waals surface area contributed by atoms with Crippen LogP contribution in [0.15, 0.2) is 24.6 Å². The van der Waals surface area contributed by atoms with Gasteiger partial charge in [0, 0.05) is 15.8 Å². The molecule has 1 atom stereocenters. The molecule has 0 aromatic carbocycles. The van der Waals surface area contributed by atoms with E-state index in [9.17, 15) is 13.2 Å². The molecule has 0 radical (unpaired) electrons. The van der Waals surface area contributed by atoms with Gasteiger partial charge >= 0.3 is 0 Å². The van der Waals surface area contributed by atoms with Crippen molar-refractivity contribution < 1.29 is 13.2 Å². The second-order valence-corrected chi connectivity index (χ2v) is 4.08. The van der Waals surface area contributed by atoms with Crippen molar-refractivity contribution in [2.24, 2.45) is 0 Å². The van der Waals surface area contributed by atoms with Crippen LogP contribution in [-0.2, 0) is 0 Å². The molecule has 0 aromatic heterocycles. The zero-order valence-electron chi connectivity index (χ0n) is 7.28. The first-order chi connectivity index (χ1) is 5.46. The molecule has 0 rings (SSSR count). The summed E-state index contributed by atoms with van der Waals surface area (Å²) in [6.07, 6.45) is 2.38. The van der Waals surface area contributed by atoms with Crippen molar-refractivity contribution in [3.05, 3.63) is 24.6 Å². The maximum Gasteiger partial charge on any atom is 0.298 e. The molecule has 4 heteroatoms. The van der Waals surface area contributed by atoms with E-state index in [1.54, 1.807) is 0 Å². The monoisotopic (exact) mass is 194 g/mol. The summed E-state index contributed by atoms with van der Waals surface area (Å²) in [4.78, 5) is 0. The average molecular weight is 194 g/mol. The molecule has 0 aromatic rings. The Morgan fingerprint density at radius 1 is 1.67 bits per heavy atom. The van der Waals surface area contributed by atoms with Crippen LogP contribution in [0.3, 0.4) is 0 Å². The predicted molar refractivity (Wildman–Crippen MR) is 48.3 cm³/mol. The number of allylic oxidation sites excluding steroid dienone is 3. The summed E-state index contributed by atoms with van der Waals surface area (Å²) in [6.45, 7) is 4.62. The molecule has 0 N–H and O–H groups in total. The predicted octanol–water partition coefficient (Wildman–Crippen LogP) is 2.23. The summed E-state index contributed by atoms with van der Waals surface area (Å²) in [5.41, 5.74) is -0.897. The second kappa shape index (κ2) is 4.50. The molecule has 0 amide bonds. The Bertz CT molecular complexity index is 187. The highest BCUT2D eigenvalue weighted by molar-refractivity contribution is 6.12. The number of halogens is 3. The van der Waals surface area contributed by atoms with Crippen LogP contribution >= 0.6 is 0 Å². The second-order valence-electron chi connectivity index (χ2n) is 2.69. The zero-order chi connectivity index (χ0) is 9.78. The Balaban J connectivity index is 4.47. The molecule has 0 fully saturated rings. The largest absolute Gasteiger partial charge is 0.298 e. The van der Waals surface area contributed by atoms with Crippen molar-refractivity contribution in [2.75, 3.05) is 0 Å². The highest BCUT2D eigenvalue weighted by Gasteiger charge is 2.39. The summed E-state index contributed by atoms with van der Waals surface area (Å²) in [7, 11) is 0.258. The Kier molecular flexibility index (Phi) is 4.30. The molecule has 0 heterocycles. The van der Waals surface area contributed by atoms with Crippen LogP contribution in [0.1, 0.15) is 13.3 Å². The Morgan fingerprint density at radius 3 is 2.50 bits per heavy atom. The summed E-state index contributed by atoms with van der Waals surface area (Å²) in [5.74, 6) is -4.63. The SMILES string of the molecule is C=CCC([SiH3])C(F)(F)C(F)=CC. The molecule has 0 nitrogen and oxygen atoms in total. The van der Waals surface area contributed by atoms with Crippen molar-refractivity contribution in [1.29, 1.82) is 0 Å². The molecule has 0 saturated carbocycles. The van der Waals surface area contributed by atoms with E-state index >= 15 is 0 Å². The van der Waals surface area contributed by atoms with Crippen molar-refractivity contribution in [3.63, 3.8) is 0 Å². The van der Waals surface area contributed by atoms with Gasteiger partial charge in [0.2, 0.25) is 0 Å². The molecule has 12 heavy (non-hydrogen) atoms. The van der Waals surface area contributed by atoms with Gasteiger partial charge in [0.1, 0.15) is 0 Å². The third-order valence-electron chi connectivity index (χ3n) is 1.71. The molecule has 0 aliphatic rings. The van der Waals surface area contributed by atoms with Crippen LogP contribution in [0.5, 0.6) is 0 Å². The van der Waals surface area contributed by atoms with E-state index in [4.69, 9.17) is 0 Å². The fourth-order valence-corrected chi connectivity index (χ4v) is 1.43. The van der Waals surface area contributed by atoms with E-state index in [2.05, 4.69) is 6.58 Å². The van der Waals surface area contributed by atoms with E-state index in [0.717, 1.165) is 6.08 Å². The summed E-state index contributed by atoms with van der Waals surface area (Å²) in [6, 6.07) is 0. The van der Waals surface area contributed by atoms with Gasteiger partial charge in [0.15, 0.2) is 5.83 Å². The lowest BCUT2D eigenvalue weighted by atomic mass is 10.1. The molecule has 0 aliphatic carbocycles. The minimum atomic E-state index is -3.30. The lowest BCUT2D eigenvalue weighted by Crippen LogP contribution is -2.24. The average Bonchev–Trinajstić information content (AvgIpc) is 2.03. The molecule has 0 spiro atoms. The number of rotatable bonds is 4. The highest BCUT2D eigenvalue weighted by atomic mass is 28.1. The fraction of sp³-hybridized carbons (Fsp3) is 0.500. The standard InChI is InChI=1S/C8H13F3Si/c1-3-5-7(12)8(10,11)6(9)4-2/h3-4,7H,1,5H2,2,12H3. The van der Waals surface area contributed by atoms with Gasteiger partial charge in [-0.1, -0.05) is 6.08 Å². The van der Waals surface area contributed by atoms with Gasteiger partial charge in [-0.2, -0.15) is 8.78 Å². The first-order valence-electron chi connectivity index (χ1n) is 3.77. The van der Waals surface area contributed by atoms with Crippen LogP contribution in [-0.4, -0.2) is 16.2 Å². The van der Waals surface area contributed by atoms with E-state index in [0.29, 0.717) is 0 Å². The van der Waals surface area contributed by atoms with Gasteiger partial charge in [0.25, 0.3) is 5.92 Å². The van der Waals surface area contributed by atoms with Crippen molar-refractivity contribution in [2.45, 2.75) is 24.8 Å². The van der Waals surface area contributed by atoms with E-state index in [-0.39, 0.29) is 16.7 Å². The molecule has 1 unspecified atom stereocenters. The van der Waals surface area contributed by atoms with Crippen molar-refractivity contribution in [1.82, 2.24) is 0 Å². The molecular weight excluding hydrogens is 181 g/mol. The quantitative estimate of drug-likeness (QED) is 0.475. The molecule has 0 bridgehead atoms. The Hall–Kier alpha value is -0.513. The van der Waals surface area contributed by atoms with Gasteiger partial charge in [-0.25, -0.2) is 4.39 Å². The minimum Gasteiger partial charge on any atom is -0.206 e. The third-order valence-corrected chi connectivity index (χ3v) is 2.91. The maximum absolute atomic E-state index is 12.9. The lowest BCUT2D eigenvalue weighted by molar-refractivity contribution is 0.0116. The van der Waals surface area contributed by atoms with Crippen LogP contribution in [0, 0.1) is 0 Å². The molecular formula is C8H13F3Si. The van der Waals surface area contributed by atoms with E-state index < -0.39 is 17.3 Å². The van der Waals surface area contributed by atoms with Gasteiger partial charge in [-0.15, -0.1) is 6.58 Å². The molecule has 70 valence electrons. The summed E-state index contributed by atoms with van der Waals surface area (Å²) >= 11 is 0. The number of alkyl halides is 2. The van der Waals surface area contributed by atoms with Crippen LogP contribution in [0.25, 0.3) is 0 Å². The highest BCUT2D eigenvalue weighted by Crippen LogP contribution is 2.37. The third kappa shape index (κ3) is 2.51. The normalized spacial score (nSPS) is 16.2. The summed E-state index contributed by atoms with van der Waals surface area (Å²) in [5, 5.41) is 0. The van der Waals surface area contributed by atoms with E-state index in [1.807, 2.05) is 0 Å². The first-order valence-corrected chi connectivity index (χ1v) is 4.93. The van der Waals surface area contributed by atoms with Gasteiger partial charge in [0.05, 0.1) is 0 Å². The lowest BCUT2D eigenvalue weighted by Gasteiger charge is -2.20.